The molecule has 0 bridgehead atoms. The average molecular weight is 480 g/mol. The molecule has 1 aromatic carbocycles. The molecule has 1 atom stereocenters. The van der Waals surface area contributed by atoms with Crippen molar-refractivity contribution in [2.24, 2.45) is 0 Å². The number of nitrogens with zero attached hydrogens (tertiary/aromatic N) is 3. The van der Waals surface area contributed by atoms with Crippen molar-refractivity contribution in [1.82, 2.24) is 14.3 Å². The predicted octanol–water partition coefficient (Wildman–Crippen LogP) is 4.18. The molecule has 0 spiro atoms. The average Bonchev–Trinajstić information content (AvgIpc) is 3.42. The minimum atomic E-state index is -0.320. The Labute approximate surface area is 200 Å². The lowest BCUT2D eigenvalue weighted by Gasteiger charge is -2.18. The van der Waals surface area contributed by atoms with Gasteiger partial charge in [-0.05, 0) is 49.6 Å². The third-order valence-electron chi connectivity index (χ3n) is 5.57. The van der Waals surface area contributed by atoms with Crippen molar-refractivity contribution in [2.45, 2.75) is 25.9 Å². The molecule has 33 heavy (non-hydrogen) atoms. The van der Waals surface area contributed by atoms with E-state index in [0.717, 1.165) is 18.4 Å². The molecule has 7 nitrogen and oxygen atoms in total. The predicted molar refractivity (Wildman–Crippen MR) is 132 cm³/mol. The number of carbonyl (C=O) groups is 1. The van der Waals surface area contributed by atoms with Crippen LogP contribution in [-0.4, -0.2) is 43.8 Å². The van der Waals surface area contributed by atoms with Crippen molar-refractivity contribution in [3.05, 3.63) is 75.0 Å². The summed E-state index contributed by atoms with van der Waals surface area (Å²) in [5, 5.41) is 0. The molecule has 0 saturated carbocycles. The molecular formula is C24H21N3O4S2. The first-order valence-electron chi connectivity index (χ1n) is 10.6. The second-order valence-electron chi connectivity index (χ2n) is 7.86. The van der Waals surface area contributed by atoms with E-state index < -0.39 is 0 Å². The van der Waals surface area contributed by atoms with E-state index in [1.165, 1.54) is 22.2 Å². The van der Waals surface area contributed by atoms with E-state index in [0.29, 0.717) is 33.8 Å². The van der Waals surface area contributed by atoms with Crippen LogP contribution in [0.1, 0.15) is 24.0 Å². The van der Waals surface area contributed by atoms with Gasteiger partial charge in [-0.1, -0.05) is 48.2 Å². The largest absolute Gasteiger partial charge is 0.438 e. The molecule has 9 heteroatoms. The van der Waals surface area contributed by atoms with E-state index >= 15 is 0 Å². The van der Waals surface area contributed by atoms with Crippen molar-refractivity contribution in [3.63, 3.8) is 0 Å². The number of thiocarbonyl (C=S) groups is 1. The Kier molecular flexibility index (Phi) is 6.01. The van der Waals surface area contributed by atoms with Crippen LogP contribution in [0.4, 0.5) is 0 Å². The van der Waals surface area contributed by atoms with E-state index in [-0.39, 0.29) is 29.0 Å². The van der Waals surface area contributed by atoms with Gasteiger partial charge in [-0.25, -0.2) is 0 Å². The van der Waals surface area contributed by atoms with Gasteiger partial charge < -0.3 is 9.47 Å². The van der Waals surface area contributed by atoms with Gasteiger partial charge in [0.25, 0.3) is 11.5 Å². The Morgan fingerprint density at radius 3 is 2.82 bits per heavy atom. The summed E-state index contributed by atoms with van der Waals surface area (Å²) < 4.78 is 13.6. The van der Waals surface area contributed by atoms with Gasteiger partial charge in [0.2, 0.25) is 5.88 Å². The number of ether oxygens (including phenoxy) is 2. The molecule has 0 unspecified atom stereocenters. The van der Waals surface area contributed by atoms with Gasteiger partial charge in [-0.2, -0.15) is 4.98 Å². The quantitative estimate of drug-likeness (QED) is 0.402. The van der Waals surface area contributed by atoms with Crippen LogP contribution in [0.2, 0.25) is 0 Å². The molecule has 2 aliphatic heterocycles. The van der Waals surface area contributed by atoms with Crippen molar-refractivity contribution in [2.75, 3.05) is 13.2 Å². The van der Waals surface area contributed by atoms with Crippen LogP contribution in [0.3, 0.4) is 0 Å². The fourth-order valence-corrected chi connectivity index (χ4v) is 5.13. The van der Waals surface area contributed by atoms with Gasteiger partial charge in [-0.15, -0.1) is 0 Å². The number of hydrogen-bond donors (Lipinski definition) is 0. The summed E-state index contributed by atoms with van der Waals surface area (Å²) in [5.74, 6) is 0.452. The van der Waals surface area contributed by atoms with Crippen LogP contribution in [-0.2, 0) is 9.53 Å². The summed E-state index contributed by atoms with van der Waals surface area (Å²) in [6.07, 6.45) is 5.07. The molecule has 2 saturated heterocycles. The molecular weight excluding hydrogens is 458 g/mol. The highest BCUT2D eigenvalue weighted by Gasteiger charge is 2.35. The molecule has 2 aromatic heterocycles. The second kappa shape index (κ2) is 9.09. The van der Waals surface area contributed by atoms with E-state index in [1.54, 1.807) is 29.3 Å². The zero-order valence-electron chi connectivity index (χ0n) is 17.9. The normalized spacial score (nSPS) is 19.7. The molecule has 2 fully saturated rings. The lowest BCUT2D eigenvalue weighted by molar-refractivity contribution is -0.123. The number of thioether (sulfide) groups is 1. The maximum Gasteiger partial charge on any atom is 0.269 e. The molecule has 2 aliphatic rings. The maximum absolute atomic E-state index is 13.4. The number of aromatic nitrogens is 2. The lowest BCUT2D eigenvalue weighted by Crippen LogP contribution is -2.35. The third-order valence-corrected chi connectivity index (χ3v) is 6.94. The number of hydrogen-bond acceptors (Lipinski definition) is 7. The lowest BCUT2D eigenvalue weighted by atomic mass is 10.2. The van der Waals surface area contributed by atoms with Gasteiger partial charge in [0.15, 0.2) is 0 Å². The van der Waals surface area contributed by atoms with Crippen molar-refractivity contribution in [1.29, 1.82) is 0 Å². The number of rotatable bonds is 5. The fraction of sp³-hybridized carbons (Fsp3) is 0.250. The van der Waals surface area contributed by atoms with Crippen LogP contribution >= 0.6 is 24.0 Å². The summed E-state index contributed by atoms with van der Waals surface area (Å²) in [6, 6.07) is 12.8. The van der Waals surface area contributed by atoms with E-state index in [4.69, 9.17) is 21.7 Å². The first kappa shape index (κ1) is 21.8. The molecule has 5 rings (SSSR count). The first-order valence-corrected chi connectivity index (χ1v) is 11.9. The number of fused-ring (bicyclic) bond motifs is 1. The Bertz CT molecular complexity index is 1330. The SMILES string of the molecule is Cc1cccn2c(=O)c(/C=C3\SC(=S)N(C[C@H]4CCCO4)C3=O)c(Oc3ccccc3)nc12. The highest BCUT2D eigenvalue weighted by Crippen LogP contribution is 2.35. The number of benzene rings is 1. The van der Waals surface area contributed by atoms with Gasteiger partial charge >= 0.3 is 0 Å². The van der Waals surface area contributed by atoms with Gasteiger partial charge in [0.05, 0.1) is 17.6 Å². The van der Waals surface area contributed by atoms with Crippen molar-refractivity contribution < 1.29 is 14.3 Å². The summed E-state index contributed by atoms with van der Waals surface area (Å²) in [6.45, 7) is 3.00. The summed E-state index contributed by atoms with van der Waals surface area (Å²) in [5.41, 5.74) is 1.21. The van der Waals surface area contributed by atoms with Gasteiger partial charge in [-0.3, -0.25) is 18.9 Å². The Hall–Kier alpha value is -3.01. The number of carbonyl (C=O) groups excluding carboxylic acids is 1. The molecule has 168 valence electrons. The van der Waals surface area contributed by atoms with Crippen LogP contribution in [0, 0.1) is 6.92 Å². The van der Waals surface area contributed by atoms with Crippen molar-refractivity contribution in [3.8, 4) is 11.6 Å². The topological polar surface area (TPSA) is 73.1 Å². The Balaban J connectivity index is 1.58. The third kappa shape index (κ3) is 4.31. The van der Waals surface area contributed by atoms with E-state index in [9.17, 15) is 9.59 Å². The van der Waals surface area contributed by atoms with Crippen LogP contribution in [0.25, 0.3) is 11.7 Å². The number of amides is 1. The molecule has 0 aliphatic carbocycles. The molecule has 4 heterocycles. The minimum absolute atomic E-state index is 0.0141. The Morgan fingerprint density at radius 1 is 1.24 bits per heavy atom. The maximum atomic E-state index is 13.4. The van der Waals surface area contributed by atoms with E-state index in [1.807, 2.05) is 31.2 Å². The molecule has 3 aromatic rings. The standard InChI is InChI=1S/C24H21N3O4S2/c1-15-7-5-11-26-20(15)25-21(31-16-8-3-2-4-9-16)18(22(26)28)13-19-23(29)27(24(32)33-19)14-17-10-6-12-30-17/h2-5,7-9,11,13,17H,6,10,12,14H2,1H3/b19-13-/t17-/m1/s1. The molecule has 0 radical (unpaired) electrons. The minimum Gasteiger partial charge on any atom is -0.438 e. The van der Waals surface area contributed by atoms with Gasteiger partial charge in [0, 0.05) is 12.8 Å². The Morgan fingerprint density at radius 2 is 2.06 bits per heavy atom. The number of para-hydroxylation sites is 1. The fourth-order valence-electron chi connectivity index (χ4n) is 3.87. The second-order valence-corrected chi connectivity index (χ2v) is 9.54. The van der Waals surface area contributed by atoms with Crippen molar-refractivity contribution >= 4 is 45.9 Å². The van der Waals surface area contributed by atoms with Crippen LogP contribution in [0.15, 0.2) is 58.4 Å². The number of pyridine rings is 1. The van der Waals surface area contributed by atoms with Crippen LogP contribution in [0.5, 0.6) is 11.6 Å². The van der Waals surface area contributed by atoms with E-state index in [2.05, 4.69) is 4.98 Å². The van der Waals surface area contributed by atoms with Gasteiger partial charge in [0.1, 0.15) is 21.3 Å². The zero-order chi connectivity index (χ0) is 22.9. The summed E-state index contributed by atoms with van der Waals surface area (Å²) in [7, 11) is 0. The molecule has 1 amide bonds. The highest BCUT2D eigenvalue weighted by molar-refractivity contribution is 8.26. The number of aryl methyl sites for hydroxylation is 1. The summed E-state index contributed by atoms with van der Waals surface area (Å²) >= 11 is 6.63. The monoisotopic (exact) mass is 479 g/mol. The zero-order valence-corrected chi connectivity index (χ0v) is 19.5. The van der Waals surface area contributed by atoms with Crippen LogP contribution < -0.4 is 10.3 Å². The molecule has 0 N–H and O–H groups in total. The summed E-state index contributed by atoms with van der Waals surface area (Å²) in [4.78, 5) is 33.1. The smallest absolute Gasteiger partial charge is 0.269 e. The highest BCUT2D eigenvalue weighted by atomic mass is 32.2. The first-order chi connectivity index (χ1) is 16.0.